The van der Waals surface area contributed by atoms with E-state index in [0.717, 1.165) is 107 Å². The molecule has 0 N–H and O–H groups in total. The van der Waals surface area contributed by atoms with Crippen molar-refractivity contribution in [3.8, 4) is 40.3 Å². The van der Waals surface area contributed by atoms with Crippen molar-refractivity contribution in [1.29, 1.82) is 10.5 Å². The summed E-state index contributed by atoms with van der Waals surface area (Å²) in [5.74, 6) is 0.134. The van der Waals surface area contributed by atoms with Gasteiger partial charge >= 0.3 is 0 Å². The molecular formula is C72H59N5. The number of aromatic nitrogens is 3. The minimum absolute atomic E-state index is 0.00318. The molecule has 0 radical (unpaired) electrons. The van der Waals surface area contributed by atoms with Crippen LogP contribution in [0.15, 0.2) is 182 Å². The highest BCUT2D eigenvalue weighted by atomic mass is 15.0. The van der Waals surface area contributed by atoms with E-state index in [9.17, 15) is 10.5 Å². The normalized spacial score (nSPS) is 17.2. The largest absolute Gasteiger partial charge is 0.309 e. The fourth-order valence-electron chi connectivity index (χ4n) is 15.4. The lowest BCUT2D eigenvalue weighted by molar-refractivity contribution is 0.432. The molecule has 3 aliphatic carbocycles. The van der Waals surface area contributed by atoms with Crippen LogP contribution in [0.4, 0.5) is 0 Å². The number of nitrogens with zero attached hydrogens (tertiary/aromatic N) is 5. The summed E-state index contributed by atoms with van der Waals surface area (Å²) in [6.07, 6.45) is 11.6. The van der Waals surface area contributed by atoms with E-state index in [2.05, 4.69) is 215 Å². The van der Waals surface area contributed by atoms with Crippen molar-refractivity contribution in [3.63, 3.8) is 0 Å². The van der Waals surface area contributed by atoms with Gasteiger partial charge in [0.2, 0.25) is 0 Å². The van der Waals surface area contributed by atoms with Gasteiger partial charge < -0.3 is 13.7 Å². The van der Waals surface area contributed by atoms with Gasteiger partial charge in [-0.25, -0.2) is 0 Å². The first kappa shape index (κ1) is 45.7. The predicted molar refractivity (Wildman–Crippen MR) is 317 cm³/mol. The van der Waals surface area contributed by atoms with E-state index in [-0.39, 0.29) is 23.7 Å². The van der Waals surface area contributed by atoms with Crippen molar-refractivity contribution >= 4 is 65.4 Å². The Balaban J connectivity index is 1.09. The molecule has 15 rings (SSSR count). The summed E-state index contributed by atoms with van der Waals surface area (Å²) in [7, 11) is 0. The van der Waals surface area contributed by atoms with E-state index >= 15 is 0 Å². The Kier molecular flexibility index (Phi) is 10.9. The Morgan fingerprint density at radius 3 is 1.47 bits per heavy atom. The quantitative estimate of drug-likeness (QED) is 0.167. The first-order valence-corrected chi connectivity index (χ1v) is 28.4. The summed E-state index contributed by atoms with van der Waals surface area (Å²) >= 11 is 0. The van der Waals surface area contributed by atoms with Crippen LogP contribution < -0.4 is 0 Å². The summed E-state index contributed by atoms with van der Waals surface area (Å²) in [5, 5.41) is 32.2. The molecule has 0 aliphatic heterocycles. The minimum atomic E-state index is -0.168. The number of nitriles is 2. The minimum Gasteiger partial charge on any atom is -0.309 e. The maximum atomic E-state index is 12.5. The van der Waals surface area contributed by atoms with Crippen molar-refractivity contribution in [2.45, 2.75) is 101 Å². The zero-order chi connectivity index (χ0) is 51.3. The number of benzene rings is 9. The molecule has 2 unspecified atom stereocenters. The molecule has 77 heavy (non-hydrogen) atoms. The van der Waals surface area contributed by atoms with Crippen molar-refractivity contribution < 1.29 is 0 Å². The molecule has 0 saturated heterocycles. The second-order valence-corrected chi connectivity index (χ2v) is 22.5. The lowest BCUT2D eigenvalue weighted by Gasteiger charge is -2.36. The molecule has 5 nitrogen and oxygen atoms in total. The Hall–Kier alpha value is -8.64. The number of hydrogen-bond donors (Lipinski definition) is 0. The SMILES string of the molecule is CC1c2ccccc2-c2ccc3c(c2CC1c1c(C#N)c(C2CCCCC2)c(-n2c4ccccc4c4ccc5c(c6ccccc6n5-c5ccccc5)c42)c(C2CCCCC2)c1C#N)c1ccccc1n3-c1ccccc1. The van der Waals surface area contributed by atoms with Crippen molar-refractivity contribution in [3.05, 3.63) is 221 Å². The third-order valence-corrected chi connectivity index (χ3v) is 18.6. The number of rotatable bonds is 6. The highest BCUT2D eigenvalue weighted by Gasteiger charge is 2.40. The zero-order valence-corrected chi connectivity index (χ0v) is 43.6. The van der Waals surface area contributed by atoms with Crippen LogP contribution in [0.2, 0.25) is 0 Å². The first-order valence-electron chi connectivity index (χ1n) is 28.4. The average Bonchev–Trinajstić information content (AvgIpc) is 4.34. The van der Waals surface area contributed by atoms with E-state index in [1.54, 1.807) is 0 Å². The second-order valence-electron chi connectivity index (χ2n) is 22.5. The Morgan fingerprint density at radius 2 is 0.883 bits per heavy atom. The fraction of sp³-hybridized carbons (Fsp3) is 0.222. The molecule has 3 heterocycles. The summed E-state index contributed by atoms with van der Waals surface area (Å²) in [6.45, 7) is 2.39. The van der Waals surface area contributed by atoms with Crippen LogP contribution in [-0.4, -0.2) is 13.7 Å². The molecular weight excluding hydrogens is 935 g/mol. The standard InChI is InChI=1S/C72H59N5/c1-45-50-30-14-15-31-51(50)52-38-40-64-69(55-33-17-20-36-62(55)75(64)48-26-10-4-11-27-48)58(52)42-57(45)68-59(43-73)66(46-22-6-2-7-23-46)72(67(60(68)44-74)47-24-8-3-9-25-47)77-61-35-19-16-32-53(61)54-39-41-65-70(71(54)77)56-34-18-21-37-63(56)76(65)49-28-12-5-13-29-49/h4-5,10-21,26-41,45-47,57H,2-3,6-9,22-25,42H2,1H3. The van der Waals surface area contributed by atoms with E-state index in [0.29, 0.717) is 6.42 Å². The van der Waals surface area contributed by atoms with E-state index in [1.807, 2.05) is 0 Å². The number of para-hydroxylation sites is 5. The third kappa shape index (κ3) is 6.82. The zero-order valence-electron chi connectivity index (χ0n) is 43.6. The van der Waals surface area contributed by atoms with E-state index in [4.69, 9.17) is 0 Å². The molecule has 5 heteroatoms. The third-order valence-electron chi connectivity index (χ3n) is 18.6. The van der Waals surface area contributed by atoms with Crippen molar-refractivity contribution in [1.82, 2.24) is 13.7 Å². The van der Waals surface area contributed by atoms with Crippen molar-refractivity contribution in [2.75, 3.05) is 0 Å². The predicted octanol–water partition coefficient (Wildman–Crippen LogP) is 18.9. The maximum Gasteiger partial charge on any atom is 0.0998 e. The van der Waals surface area contributed by atoms with Gasteiger partial charge in [0.05, 0.1) is 62.1 Å². The number of hydrogen-bond acceptors (Lipinski definition) is 2. The summed E-state index contributed by atoms with van der Waals surface area (Å²) in [6, 6.07) is 72.8. The molecule has 2 saturated carbocycles. The average molecular weight is 994 g/mol. The van der Waals surface area contributed by atoms with Crippen LogP contribution in [0.1, 0.15) is 134 Å². The van der Waals surface area contributed by atoms with Gasteiger partial charge in [0.25, 0.3) is 0 Å². The van der Waals surface area contributed by atoms with Crippen LogP contribution in [0.25, 0.3) is 93.6 Å². The molecule has 2 fully saturated rings. The molecule has 372 valence electrons. The molecule has 0 spiro atoms. The van der Waals surface area contributed by atoms with Gasteiger partial charge in [-0.1, -0.05) is 173 Å². The monoisotopic (exact) mass is 993 g/mol. The van der Waals surface area contributed by atoms with Gasteiger partial charge in [-0.2, -0.15) is 10.5 Å². The van der Waals surface area contributed by atoms with Crippen LogP contribution >= 0.6 is 0 Å². The van der Waals surface area contributed by atoms with E-state index < -0.39 is 0 Å². The van der Waals surface area contributed by atoms with Gasteiger partial charge in [0.1, 0.15) is 0 Å². The van der Waals surface area contributed by atoms with Crippen LogP contribution in [0.5, 0.6) is 0 Å². The Bertz CT molecular complexity index is 4370. The fourth-order valence-corrected chi connectivity index (χ4v) is 15.4. The maximum absolute atomic E-state index is 12.5. The molecule has 3 aromatic heterocycles. The van der Waals surface area contributed by atoms with Crippen molar-refractivity contribution in [2.24, 2.45) is 0 Å². The summed E-state index contributed by atoms with van der Waals surface area (Å²) < 4.78 is 7.47. The van der Waals surface area contributed by atoms with Gasteiger partial charge in [-0.15, -0.1) is 0 Å². The molecule has 2 atom stereocenters. The topological polar surface area (TPSA) is 62.4 Å². The smallest absolute Gasteiger partial charge is 0.0998 e. The Labute approximate surface area is 449 Å². The van der Waals surface area contributed by atoms with Gasteiger partial charge in [-0.05, 0) is 149 Å². The van der Waals surface area contributed by atoms with Gasteiger partial charge in [0, 0.05) is 43.7 Å². The lowest BCUT2D eigenvalue weighted by Crippen LogP contribution is -2.23. The van der Waals surface area contributed by atoms with E-state index in [1.165, 1.54) is 89.6 Å². The van der Waals surface area contributed by atoms with Crippen LogP contribution in [0.3, 0.4) is 0 Å². The highest BCUT2D eigenvalue weighted by Crippen LogP contribution is 2.55. The molecule has 9 aromatic carbocycles. The molecule has 12 aromatic rings. The van der Waals surface area contributed by atoms with Gasteiger partial charge in [0.15, 0.2) is 0 Å². The summed E-state index contributed by atoms with van der Waals surface area (Å²) in [5.41, 5.74) is 20.2. The molecule has 3 aliphatic rings. The Morgan fingerprint density at radius 1 is 0.403 bits per heavy atom. The number of fused-ring (bicyclic) bond motifs is 14. The molecule has 0 amide bonds. The molecule has 0 bridgehead atoms. The lowest BCUT2D eigenvalue weighted by atomic mass is 9.69. The highest BCUT2D eigenvalue weighted by molar-refractivity contribution is 6.26. The first-order chi connectivity index (χ1) is 38.1. The summed E-state index contributed by atoms with van der Waals surface area (Å²) in [4.78, 5) is 0. The van der Waals surface area contributed by atoms with Crippen LogP contribution in [-0.2, 0) is 6.42 Å². The van der Waals surface area contributed by atoms with Gasteiger partial charge in [-0.3, -0.25) is 0 Å². The second kappa shape index (κ2) is 18.3. The van der Waals surface area contributed by atoms with Crippen LogP contribution in [0, 0.1) is 22.7 Å².